The van der Waals surface area contributed by atoms with E-state index in [4.69, 9.17) is 10.7 Å². The van der Waals surface area contributed by atoms with Gasteiger partial charge in [0.1, 0.15) is 6.33 Å². The zero-order valence-electron chi connectivity index (χ0n) is 6.25. The first-order valence-electron chi connectivity index (χ1n) is 3.31. The van der Waals surface area contributed by atoms with E-state index < -0.39 is 9.05 Å². The lowest BCUT2D eigenvalue weighted by atomic mass is 10.5. The summed E-state index contributed by atoms with van der Waals surface area (Å²) in [5.74, 6) is 0. The van der Waals surface area contributed by atoms with Gasteiger partial charge in [0.25, 0.3) is 9.05 Å². The molecule has 7 heteroatoms. The Kier molecular flexibility index (Phi) is 1.74. The van der Waals surface area contributed by atoms with E-state index in [1.54, 1.807) is 0 Å². The van der Waals surface area contributed by atoms with Gasteiger partial charge in [-0.05, 0) is 6.07 Å². The predicted octanol–water partition coefficient (Wildman–Crippen LogP) is 0.657. The van der Waals surface area contributed by atoms with Crippen LogP contribution in [0.5, 0.6) is 0 Å². The van der Waals surface area contributed by atoms with Crippen LogP contribution in [0.4, 0.5) is 0 Å². The van der Waals surface area contributed by atoms with Crippen molar-refractivity contribution in [3.05, 3.63) is 24.7 Å². The minimum atomic E-state index is -3.68. The summed E-state index contributed by atoms with van der Waals surface area (Å²) in [4.78, 5) is 3.84. The van der Waals surface area contributed by atoms with Gasteiger partial charge in [-0.25, -0.2) is 17.9 Å². The molecule has 0 fully saturated rings. The van der Waals surface area contributed by atoms with Crippen molar-refractivity contribution in [2.45, 2.75) is 4.90 Å². The summed E-state index contributed by atoms with van der Waals surface area (Å²) >= 11 is 0. The molecule has 2 heterocycles. The zero-order valence-corrected chi connectivity index (χ0v) is 7.83. The maximum Gasteiger partial charge on any atom is 0.261 e. The first-order valence-corrected chi connectivity index (χ1v) is 5.62. The zero-order chi connectivity index (χ0) is 9.47. The number of halogens is 1. The van der Waals surface area contributed by atoms with E-state index in [1.165, 1.54) is 29.2 Å². The van der Waals surface area contributed by atoms with Crippen LogP contribution in [0.25, 0.3) is 5.65 Å². The van der Waals surface area contributed by atoms with Gasteiger partial charge in [0.05, 0.1) is 4.90 Å². The van der Waals surface area contributed by atoms with E-state index in [9.17, 15) is 8.42 Å². The molecule has 0 spiro atoms. The molecule has 0 amide bonds. The van der Waals surface area contributed by atoms with Crippen molar-refractivity contribution in [3.8, 4) is 0 Å². The van der Waals surface area contributed by atoms with Crippen LogP contribution in [0, 0.1) is 0 Å². The Bertz CT molecular complexity index is 548. The summed E-state index contributed by atoms with van der Waals surface area (Å²) in [6, 6.07) is 2.72. The van der Waals surface area contributed by atoms with Gasteiger partial charge in [0, 0.05) is 22.9 Å². The Balaban J connectivity index is 2.75. The molecule has 5 nitrogen and oxygen atoms in total. The monoisotopic (exact) mass is 217 g/mol. The normalized spacial score (nSPS) is 12.1. The number of aromatic nitrogens is 3. The molecular weight excluding hydrogens is 214 g/mol. The third kappa shape index (κ3) is 1.50. The van der Waals surface area contributed by atoms with Crippen molar-refractivity contribution in [1.82, 2.24) is 14.6 Å². The van der Waals surface area contributed by atoms with Crippen molar-refractivity contribution < 1.29 is 8.42 Å². The molecular formula is C6H4ClN3O2S. The third-order valence-corrected chi connectivity index (χ3v) is 2.89. The largest absolute Gasteiger partial charge is 0.261 e. The number of fused-ring (bicyclic) bond motifs is 1. The second kappa shape index (κ2) is 2.68. The summed E-state index contributed by atoms with van der Waals surface area (Å²) in [6.45, 7) is 0. The van der Waals surface area contributed by atoms with Gasteiger partial charge in [0.2, 0.25) is 0 Å². The van der Waals surface area contributed by atoms with Crippen LogP contribution < -0.4 is 0 Å². The van der Waals surface area contributed by atoms with E-state index in [1.807, 2.05) is 0 Å². The molecule has 0 atom stereocenters. The van der Waals surface area contributed by atoms with Crippen molar-refractivity contribution >= 4 is 25.4 Å². The SMILES string of the molecule is O=S(=O)(Cl)c1ccn2ncnc2c1. The molecule has 0 radical (unpaired) electrons. The number of rotatable bonds is 1. The van der Waals surface area contributed by atoms with E-state index in [0.29, 0.717) is 5.65 Å². The molecule has 0 aliphatic carbocycles. The Morgan fingerprint density at radius 3 is 2.92 bits per heavy atom. The molecule has 68 valence electrons. The lowest BCUT2D eigenvalue weighted by Crippen LogP contribution is -1.93. The fourth-order valence-electron chi connectivity index (χ4n) is 0.948. The van der Waals surface area contributed by atoms with Crippen LogP contribution in [0.2, 0.25) is 0 Å². The van der Waals surface area contributed by atoms with Crippen molar-refractivity contribution in [1.29, 1.82) is 0 Å². The van der Waals surface area contributed by atoms with Crippen LogP contribution in [0.1, 0.15) is 0 Å². The average molecular weight is 218 g/mol. The minimum Gasteiger partial charge on any atom is -0.221 e. The van der Waals surface area contributed by atoms with Crippen molar-refractivity contribution in [3.63, 3.8) is 0 Å². The standard InChI is InChI=1S/C6H4ClN3O2S/c7-13(11,12)5-1-2-10-6(3-5)8-4-9-10/h1-4H. The highest BCUT2D eigenvalue weighted by atomic mass is 35.7. The second-order valence-corrected chi connectivity index (χ2v) is 4.93. The van der Waals surface area contributed by atoms with E-state index in [-0.39, 0.29) is 4.90 Å². The van der Waals surface area contributed by atoms with E-state index >= 15 is 0 Å². The van der Waals surface area contributed by atoms with Gasteiger partial charge in [-0.3, -0.25) is 0 Å². The average Bonchev–Trinajstić information content (AvgIpc) is 2.47. The Morgan fingerprint density at radius 2 is 2.23 bits per heavy atom. The molecule has 0 saturated heterocycles. The topological polar surface area (TPSA) is 64.3 Å². The summed E-state index contributed by atoms with van der Waals surface area (Å²) in [6.07, 6.45) is 2.82. The van der Waals surface area contributed by atoms with Crippen molar-refractivity contribution in [2.75, 3.05) is 0 Å². The fraction of sp³-hybridized carbons (Fsp3) is 0. The van der Waals surface area contributed by atoms with Crippen LogP contribution in [0.15, 0.2) is 29.6 Å². The Labute approximate surface area is 78.4 Å². The molecule has 2 rings (SSSR count). The number of pyridine rings is 1. The second-order valence-electron chi connectivity index (χ2n) is 2.36. The predicted molar refractivity (Wildman–Crippen MR) is 46.0 cm³/mol. The van der Waals surface area contributed by atoms with Gasteiger partial charge in [-0.15, -0.1) is 0 Å². The summed E-state index contributed by atoms with van der Waals surface area (Å²) < 4.78 is 23.3. The van der Waals surface area contributed by atoms with Crippen LogP contribution in [-0.4, -0.2) is 23.0 Å². The molecule has 0 aromatic carbocycles. The molecule has 0 N–H and O–H groups in total. The van der Waals surface area contributed by atoms with Gasteiger partial charge in [0.15, 0.2) is 5.65 Å². The van der Waals surface area contributed by atoms with Crippen LogP contribution in [0.3, 0.4) is 0 Å². The minimum absolute atomic E-state index is 0.0228. The van der Waals surface area contributed by atoms with Crippen LogP contribution in [-0.2, 0) is 9.05 Å². The first kappa shape index (κ1) is 8.46. The molecule has 0 bridgehead atoms. The van der Waals surface area contributed by atoms with Gasteiger partial charge < -0.3 is 0 Å². The van der Waals surface area contributed by atoms with Crippen LogP contribution >= 0.6 is 10.7 Å². The van der Waals surface area contributed by atoms with Gasteiger partial charge in [-0.2, -0.15) is 5.10 Å². The number of hydrogen-bond acceptors (Lipinski definition) is 4. The Morgan fingerprint density at radius 1 is 1.46 bits per heavy atom. The van der Waals surface area contributed by atoms with Gasteiger partial charge >= 0.3 is 0 Å². The highest BCUT2D eigenvalue weighted by Gasteiger charge is 2.10. The molecule has 13 heavy (non-hydrogen) atoms. The molecule has 0 aliphatic heterocycles. The lowest BCUT2D eigenvalue weighted by molar-refractivity contribution is 0.609. The maximum absolute atomic E-state index is 10.9. The number of hydrogen-bond donors (Lipinski definition) is 0. The fourth-order valence-corrected chi connectivity index (χ4v) is 1.71. The highest BCUT2D eigenvalue weighted by Crippen LogP contribution is 2.15. The summed E-state index contributed by atoms with van der Waals surface area (Å²) in [7, 11) is 1.46. The van der Waals surface area contributed by atoms with Gasteiger partial charge in [-0.1, -0.05) is 0 Å². The summed E-state index contributed by atoms with van der Waals surface area (Å²) in [5, 5.41) is 3.81. The smallest absolute Gasteiger partial charge is 0.221 e. The first-order chi connectivity index (χ1) is 6.07. The van der Waals surface area contributed by atoms with E-state index in [0.717, 1.165) is 0 Å². The van der Waals surface area contributed by atoms with E-state index in [2.05, 4.69) is 10.1 Å². The highest BCUT2D eigenvalue weighted by molar-refractivity contribution is 8.13. The third-order valence-electron chi connectivity index (χ3n) is 1.53. The molecule has 0 unspecified atom stereocenters. The molecule has 2 aromatic rings. The Hall–Kier alpha value is -1.14. The van der Waals surface area contributed by atoms with Crippen molar-refractivity contribution in [2.24, 2.45) is 0 Å². The number of nitrogens with zero attached hydrogens (tertiary/aromatic N) is 3. The summed E-state index contributed by atoms with van der Waals surface area (Å²) in [5.41, 5.74) is 0.446. The molecule has 2 aromatic heterocycles. The quantitative estimate of drug-likeness (QED) is 0.659. The maximum atomic E-state index is 10.9. The molecule has 0 saturated carbocycles. The lowest BCUT2D eigenvalue weighted by Gasteiger charge is -1.95. The molecule has 0 aliphatic rings.